The van der Waals surface area contributed by atoms with Gasteiger partial charge < -0.3 is 5.11 Å². The average molecular weight is 312 g/mol. The van der Waals surface area contributed by atoms with E-state index in [0.717, 1.165) is 11.1 Å². The zero-order valence-corrected chi connectivity index (χ0v) is 12.5. The van der Waals surface area contributed by atoms with Crippen LogP contribution in [-0.2, 0) is 11.2 Å². The molecule has 0 aromatic heterocycles. The van der Waals surface area contributed by atoms with Crippen LogP contribution >= 0.6 is 0 Å². The molecule has 0 aliphatic rings. The molecular weight excluding hydrogens is 295 g/mol. The lowest BCUT2D eigenvalue weighted by atomic mass is 10.0. The van der Waals surface area contributed by atoms with E-state index in [2.05, 4.69) is 0 Å². The van der Waals surface area contributed by atoms with Crippen molar-refractivity contribution in [3.8, 4) is 0 Å². The van der Waals surface area contributed by atoms with E-state index in [1.54, 1.807) is 30.3 Å². The van der Waals surface area contributed by atoms with E-state index < -0.39 is 5.97 Å². The maximum Gasteiger partial charge on any atom is 0.303 e. The summed E-state index contributed by atoms with van der Waals surface area (Å²) >= 11 is 0. The summed E-state index contributed by atoms with van der Waals surface area (Å²) in [4.78, 5) is 22.5. The van der Waals surface area contributed by atoms with Crippen molar-refractivity contribution in [3.63, 3.8) is 0 Å². The van der Waals surface area contributed by atoms with Gasteiger partial charge in [0.15, 0.2) is 5.78 Å². The highest BCUT2D eigenvalue weighted by Crippen LogP contribution is 2.11. The molecule has 0 aliphatic heterocycles. The summed E-state index contributed by atoms with van der Waals surface area (Å²) in [5, 5.41) is 8.60. The molecule has 0 bridgehead atoms. The van der Waals surface area contributed by atoms with Gasteiger partial charge in [-0.1, -0.05) is 42.5 Å². The molecule has 1 N–H and O–H groups in total. The molecule has 118 valence electrons. The summed E-state index contributed by atoms with van der Waals surface area (Å²) < 4.78 is 12.8. The highest BCUT2D eigenvalue weighted by atomic mass is 19.1. The van der Waals surface area contributed by atoms with E-state index in [1.807, 2.05) is 12.1 Å². The van der Waals surface area contributed by atoms with Gasteiger partial charge in [0, 0.05) is 12.0 Å². The van der Waals surface area contributed by atoms with Gasteiger partial charge in [0.05, 0.1) is 0 Å². The van der Waals surface area contributed by atoms with Crippen LogP contribution in [0.2, 0.25) is 0 Å². The van der Waals surface area contributed by atoms with Crippen molar-refractivity contribution >= 4 is 17.8 Å². The lowest BCUT2D eigenvalue weighted by Crippen LogP contribution is -1.97. The Labute approximate surface area is 134 Å². The lowest BCUT2D eigenvalue weighted by molar-refractivity contribution is -0.137. The van der Waals surface area contributed by atoms with E-state index in [4.69, 9.17) is 5.11 Å². The molecule has 0 saturated heterocycles. The van der Waals surface area contributed by atoms with Crippen LogP contribution in [0.3, 0.4) is 0 Å². The number of allylic oxidation sites excluding steroid dienone is 1. The molecular formula is C19H17FO3. The number of carboxylic acid groups (broad SMARTS) is 1. The van der Waals surface area contributed by atoms with Gasteiger partial charge in [-0.2, -0.15) is 0 Å². The maximum atomic E-state index is 12.8. The van der Waals surface area contributed by atoms with Gasteiger partial charge in [-0.3, -0.25) is 9.59 Å². The molecule has 2 rings (SSSR count). The van der Waals surface area contributed by atoms with E-state index in [-0.39, 0.29) is 18.0 Å². The SMILES string of the molecule is O=C(O)CCCc1ccc(C(=O)/C=C/c2ccc(F)cc2)cc1. The largest absolute Gasteiger partial charge is 0.481 e. The Balaban J connectivity index is 1.94. The first kappa shape index (κ1) is 16.6. The molecule has 0 spiro atoms. The van der Waals surface area contributed by atoms with E-state index >= 15 is 0 Å². The third-order valence-corrected chi connectivity index (χ3v) is 3.39. The topological polar surface area (TPSA) is 54.4 Å². The first-order valence-corrected chi connectivity index (χ1v) is 7.33. The zero-order valence-electron chi connectivity index (χ0n) is 12.5. The molecule has 2 aromatic rings. The molecule has 4 heteroatoms. The van der Waals surface area contributed by atoms with Crippen LogP contribution < -0.4 is 0 Å². The number of hydrogen-bond donors (Lipinski definition) is 1. The highest BCUT2D eigenvalue weighted by Gasteiger charge is 2.03. The van der Waals surface area contributed by atoms with Crippen molar-refractivity contribution < 1.29 is 19.1 Å². The molecule has 0 fully saturated rings. The molecule has 2 aromatic carbocycles. The van der Waals surface area contributed by atoms with Gasteiger partial charge in [-0.15, -0.1) is 0 Å². The van der Waals surface area contributed by atoms with Gasteiger partial charge >= 0.3 is 5.97 Å². The monoisotopic (exact) mass is 312 g/mol. The second-order valence-corrected chi connectivity index (χ2v) is 5.19. The number of aryl methyl sites for hydroxylation is 1. The Hall–Kier alpha value is -2.75. The minimum Gasteiger partial charge on any atom is -0.481 e. The van der Waals surface area contributed by atoms with Crippen LogP contribution in [0, 0.1) is 5.82 Å². The van der Waals surface area contributed by atoms with Gasteiger partial charge in [0.1, 0.15) is 5.82 Å². The van der Waals surface area contributed by atoms with Gasteiger partial charge in [0.2, 0.25) is 0 Å². The average Bonchev–Trinajstić information content (AvgIpc) is 2.54. The molecule has 0 heterocycles. The molecule has 0 unspecified atom stereocenters. The fourth-order valence-corrected chi connectivity index (χ4v) is 2.12. The van der Waals surface area contributed by atoms with Crippen LogP contribution in [0.25, 0.3) is 6.08 Å². The van der Waals surface area contributed by atoms with Crippen LogP contribution in [-0.4, -0.2) is 16.9 Å². The molecule has 0 saturated carbocycles. The summed E-state index contributed by atoms with van der Waals surface area (Å²) in [5.74, 6) is -1.25. The Morgan fingerprint density at radius 2 is 1.65 bits per heavy atom. The first-order valence-electron chi connectivity index (χ1n) is 7.33. The molecule has 0 atom stereocenters. The predicted molar refractivity (Wildman–Crippen MR) is 86.8 cm³/mol. The quantitative estimate of drug-likeness (QED) is 0.618. The summed E-state index contributed by atoms with van der Waals surface area (Å²) in [6, 6.07) is 13.0. The number of rotatable bonds is 7. The standard InChI is InChI=1S/C19H17FO3/c20-17-11-6-15(7-12-17)8-13-18(21)16-9-4-14(5-10-16)2-1-3-19(22)23/h4-13H,1-3H2,(H,22,23)/b13-8+. The lowest BCUT2D eigenvalue weighted by Gasteiger charge is -2.01. The fourth-order valence-electron chi connectivity index (χ4n) is 2.12. The van der Waals surface area contributed by atoms with E-state index in [0.29, 0.717) is 18.4 Å². The number of ketones is 1. The predicted octanol–water partition coefficient (Wildman–Crippen LogP) is 4.13. The van der Waals surface area contributed by atoms with Crippen LogP contribution in [0.4, 0.5) is 4.39 Å². The smallest absolute Gasteiger partial charge is 0.303 e. The summed E-state index contributed by atoms with van der Waals surface area (Å²) in [6.07, 6.45) is 4.48. The minimum atomic E-state index is -0.803. The molecule has 0 aliphatic carbocycles. The van der Waals surface area contributed by atoms with Crippen molar-refractivity contribution in [1.82, 2.24) is 0 Å². The summed E-state index contributed by atoms with van der Waals surface area (Å²) in [5.41, 5.74) is 2.32. The van der Waals surface area contributed by atoms with Crippen molar-refractivity contribution in [2.24, 2.45) is 0 Å². The summed E-state index contributed by atoms with van der Waals surface area (Å²) in [6.45, 7) is 0. The molecule has 0 amide bonds. The van der Waals surface area contributed by atoms with Gasteiger partial charge in [0.25, 0.3) is 0 Å². The van der Waals surface area contributed by atoms with Crippen molar-refractivity contribution in [1.29, 1.82) is 0 Å². The maximum absolute atomic E-state index is 12.8. The van der Waals surface area contributed by atoms with Gasteiger partial charge in [-0.25, -0.2) is 4.39 Å². The molecule has 23 heavy (non-hydrogen) atoms. The highest BCUT2D eigenvalue weighted by molar-refractivity contribution is 6.06. The van der Waals surface area contributed by atoms with E-state index in [9.17, 15) is 14.0 Å². The number of benzene rings is 2. The zero-order chi connectivity index (χ0) is 16.7. The third-order valence-electron chi connectivity index (χ3n) is 3.39. The number of hydrogen-bond acceptors (Lipinski definition) is 2. The molecule has 0 radical (unpaired) electrons. The second kappa shape index (κ2) is 8.03. The minimum absolute atomic E-state index is 0.133. The number of aliphatic carboxylic acids is 1. The van der Waals surface area contributed by atoms with Gasteiger partial charge in [-0.05, 0) is 42.2 Å². The Bertz CT molecular complexity index is 700. The van der Waals surface area contributed by atoms with Crippen molar-refractivity contribution in [2.45, 2.75) is 19.3 Å². The summed E-state index contributed by atoms with van der Waals surface area (Å²) in [7, 11) is 0. The Kier molecular flexibility index (Phi) is 5.80. The number of carbonyl (C=O) groups is 2. The second-order valence-electron chi connectivity index (χ2n) is 5.19. The normalized spacial score (nSPS) is 10.8. The number of carbonyl (C=O) groups excluding carboxylic acids is 1. The number of halogens is 1. The van der Waals surface area contributed by atoms with Crippen LogP contribution in [0.1, 0.15) is 34.3 Å². The van der Waals surface area contributed by atoms with Crippen LogP contribution in [0.5, 0.6) is 0 Å². The third kappa shape index (κ3) is 5.51. The van der Waals surface area contributed by atoms with Crippen molar-refractivity contribution in [3.05, 3.63) is 77.1 Å². The fraction of sp³-hybridized carbons (Fsp3) is 0.158. The Morgan fingerprint density at radius 1 is 1.00 bits per heavy atom. The molecule has 3 nitrogen and oxygen atoms in total. The first-order chi connectivity index (χ1) is 11.0. The van der Waals surface area contributed by atoms with E-state index in [1.165, 1.54) is 18.2 Å². The van der Waals surface area contributed by atoms with Crippen molar-refractivity contribution in [2.75, 3.05) is 0 Å². The number of carboxylic acids is 1. The van der Waals surface area contributed by atoms with Crippen LogP contribution in [0.15, 0.2) is 54.6 Å². The Morgan fingerprint density at radius 3 is 2.26 bits per heavy atom.